The van der Waals surface area contributed by atoms with Gasteiger partial charge in [-0.25, -0.2) is 4.79 Å². The van der Waals surface area contributed by atoms with Crippen molar-refractivity contribution in [2.75, 3.05) is 6.61 Å². The van der Waals surface area contributed by atoms with Gasteiger partial charge in [0.15, 0.2) is 0 Å². The number of benzene rings is 2. The first-order valence-electron chi connectivity index (χ1n) is 11.7. The molecule has 7 nitrogen and oxygen atoms in total. The van der Waals surface area contributed by atoms with Crippen LogP contribution >= 0.6 is 0 Å². The van der Waals surface area contributed by atoms with E-state index in [-0.39, 0.29) is 43.2 Å². The Morgan fingerprint density at radius 2 is 1.71 bits per heavy atom. The summed E-state index contributed by atoms with van der Waals surface area (Å²) in [5.41, 5.74) is 4.53. The molecule has 1 fully saturated rings. The smallest absolute Gasteiger partial charge is 0.407 e. The predicted octanol–water partition coefficient (Wildman–Crippen LogP) is 4.23. The number of carboxylic acid groups (broad SMARTS) is 1. The Labute approximate surface area is 199 Å². The van der Waals surface area contributed by atoms with Crippen LogP contribution in [0.15, 0.2) is 61.2 Å². The van der Waals surface area contributed by atoms with E-state index in [4.69, 9.17) is 9.84 Å². The van der Waals surface area contributed by atoms with Crippen molar-refractivity contribution in [3.8, 4) is 11.1 Å². The van der Waals surface area contributed by atoms with Crippen LogP contribution in [0.5, 0.6) is 0 Å². The van der Waals surface area contributed by atoms with Gasteiger partial charge in [-0.3, -0.25) is 9.59 Å². The maximum atomic E-state index is 12.8. The Morgan fingerprint density at radius 3 is 2.32 bits per heavy atom. The van der Waals surface area contributed by atoms with Gasteiger partial charge < -0.3 is 20.5 Å². The Balaban J connectivity index is 1.33. The number of hydrogen-bond donors (Lipinski definition) is 3. The minimum atomic E-state index is -0.821. The standard InChI is InChI=1S/C27H30N2O5/c1-2-7-24(26(32)28-18-13-12-17(14-18)15-25(30)31)29-27(33)34-16-23-21-10-5-3-8-19(21)20-9-4-6-11-22(20)23/h2-6,8-11,17-18,23-24H,1,7,12-16H2,(H,28,32)(H,29,33)(H,30,31)/t17-,18+,24?/m1/s1. The normalized spacial score (nSPS) is 19.5. The quantitative estimate of drug-likeness (QED) is 0.484. The van der Waals surface area contributed by atoms with E-state index in [1.165, 1.54) is 0 Å². The van der Waals surface area contributed by atoms with Gasteiger partial charge in [-0.15, -0.1) is 6.58 Å². The molecule has 2 amide bonds. The molecular weight excluding hydrogens is 432 g/mol. The van der Waals surface area contributed by atoms with E-state index in [0.29, 0.717) is 6.42 Å². The number of fused-ring (bicyclic) bond motifs is 3. The average molecular weight is 463 g/mol. The predicted molar refractivity (Wildman–Crippen MR) is 128 cm³/mol. The van der Waals surface area contributed by atoms with Gasteiger partial charge in [0.1, 0.15) is 12.6 Å². The summed E-state index contributed by atoms with van der Waals surface area (Å²) >= 11 is 0. The van der Waals surface area contributed by atoms with Crippen LogP contribution in [0.4, 0.5) is 4.79 Å². The van der Waals surface area contributed by atoms with Gasteiger partial charge in [-0.1, -0.05) is 54.6 Å². The fraction of sp³-hybridized carbons (Fsp3) is 0.370. The van der Waals surface area contributed by atoms with Gasteiger partial charge in [0.25, 0.3) is 0 Å². The zero-order valence-corrected chi connectivity index (χ0v) is 19.0. The average Bonchev–Trinajstić information content (AvgIpc) is 3.38. The van der Waals surface area contributed by atoms with Crippen LogP contribution < -0.4 is 10.6 Å². The summed E-state index contributed by atoms with van der Waals surface area (Å²) in [6.07, 6.45) is 3.43. The third-order valence-electron chi connectivity index (χ3n) is 6.71. The highest BCUT2D eigenvalue weighted by molar-refractivity contribution is 5.86. The highest BCUT2D eigenvalue weighted by Gasteiger charge is 2.31. The van der Waals surface area contributed by atoms with E-state index in [0.717, 1.165) is 35.1 Å². The van der Waals surface area contributed by atoms with Crippen LogP contribution in [-0.2, 0) is 14.3 Å². The number of carboxylic acids is 1. The molecule has 3 N–H and O–H groups in total. The molecule has 2 aliphatic carbocycles. The number of ether oxygens (including phenoxy) is 1. The van der Waals surface area contributed by atoms with Gasteiger partial charge >= 0.3 is 12.1 Å². The molecule has 4 rings (SSSR count). The molecule has 1 unspecified atom stereocenters. The second-order valence-electron chi connectivity index (χ2n) is 9.03. The molecule has 3 atom stereocenters. The van der Waals surface area contributed by atoms with Gasteiger partial charge in [0, 0.05) is 18.4 Å². The lowest BCUT2D eigenvalue weighted by molar-refractivity contribution is -0.138. The first-order valence-corrected chi connectivity index (χ1v) is 11.7. The fourth-order valence-electron chi connectivity index (χ4n) is 5.12. The van der Waals surface area contributed by atoms with Crippen molar-refractivity contribution in [2.45, 2.75) is 50.1 Å². The second kappa shape index (κ2) is 10.5. The zero-order chi connectivity index (χ0) is 24.1. The lowest BCUT2D eigenvalue weighted by Crippen LogP contribution is -2.49. The molecule has 0 aliphatic heterocycles. The van der Waals surface area contributed by atoms with E-state index in [9.17, 15) is 14.4 Å². The van der Waals surface area contributed by atoms with Crippen molar-refractivity contribution in [3.63, 3.8) is 0 Å². The molecule has 0 spiro atoms. The molecule has 0 heterocycles. The monoisotopic (exact) mass is 462 g/mol. The van der Waals surface area contributed by atoms with Gasteiger partial charge in [0.2, 0.25) is 5.91 Å². The highest BCUT2D eigenvalue weighted by atomic mass is 16.5. The SMILES string of the molecule is C=CCC(NC(=O)OCC1c2ccccc2-c2ccccc21)C(=O)N[C@H]1CC[C@@H](CC(=O)O)C1. The summed E-state index contributed by atoms with van der Waals surface area (Å²) in [4.78, 5) is 36.3. The molecule has 0 aromatic heterocycles. The summed E-state index contributed by atoms with van der Waals surface area (Å²) < 4.78 is 5.57. The minimum Gasteiger partial charge on any atom is -0.481 e. The minimum absolute atomic E-state index is 0.0607. The summed E-state index contributed by atoms with van der Waals surface area (Å²) in [6.45, 7) is 3.86. The van der Waals surface area contributed by atoms with Gasteiger partial charge in [0.05, 0.1) is 0 Å². The molecule has 2 aromatic carbocycles. The Bertz CT molecular complexity index is 1040. The lowest BCUT2D eigenvalue weighted by atomic mass is 9.98. The Morgan fingerprint density at radius 1 is 1.06 bits per heavy atom. The molecular formula is C27H30N2O5. The van der Waals surface area contributed by atoms with Crippen LogP contribution in [0, 0.1) is 5.92 Å². The number of aliphatic carboxylic acids is 1. The van der Waals surface area contributed by atoms with E-state index in [1.807, 2.05) is 24.3 Å². The third-order valence-corrected chi connectivity index (χ3v) is 6.71. The van der Waals surface area contributed by atoms with Crippen LogP contribution in [-0.4, -0.2) is 41.8 Å². The number of nitrogens with one attached hydrogen (secondary N) is 2. The number of rotatable bonds is 9. The maximum absolute atomic E-state index is 12.8. The molecule has 2 aromatic rings. The van der Waals surface area contributed by atoms with Crippen molar-refractivity contribution in [3.05, 3.63) is 72.3 Å². The summed E-state index contributed by atoms with van der Waals surface area (Å²) in [5.74, 6) is -1.13. The summed E-state index contributed by atoms with van der Waals surface area (Å²) in [5, 5.41) is 14.6. The fourth-order valence-corrected chi connectivity index (χ4v) is 5.12. The number of alkyl carbamates (subject to hydrolysis) is 1. The van der Waals surface area contributed by atoms with E-state index < -0.39 is 18.1 Å². The molecule has 34 heavy (non-hydrogen) atoms. The van der Waals surface area contributed by atoms with E-state index in [1.54, 1.807) is 6.08 Å². The third kappa shape index (κ3) is 5.30. The van der Waals surface area contributed by atoms with Gasteiger partial charge in [-0.05, 0) is 53.9 Å². The van der Waals surface area contributed by atoms with Crippen molar-refractivity contribution < 1.29 is 24.2 Å². The van der Waals surface area contributed by atoms with Crippen molar-refractivity contribution in [1.82, 2.24) is 10.6 Å². The summed E-state index contributed by atoms with van der Waals surface area (Å²) in [7, 11) is 0. The molecule has 0 bridgehead atoms. The zero-order valence-electron chi connectivity index (χ0n) is 19.0. The van der Waals surface area contributed by atoms with Crippen LogP contribution in [0.25, 0.3) is 11.1 Å². The molecule has 7 heteroatoms. The number of carbonyl (C=O) groups excluding carboxylic acids is 2. The number of carbonyl (C=O) groups is 3. The van der Waals surface area contributed by atoms with E-state index >= 15 is 0 Å². The molecule has 0 radical (unpaired) electrons. The van der Waals surface area contributed by atoms with Crippen molar-refractivity contribution in [2.24, 2.45) is 5.92 Å². The second-order valence-corrected chi connectivity index (χ2v) is 9.03. The Kier molecular flexibility index (Phi) is 7.30. The first kappa shape index (κ1) is 23.5. The van der Waals surface area contributed by atoms with Crippen molar-refractivity contribution in [1.29, 1.82) is 0 Å². The van der Waals surface area contributed by atoms with E-state index in [2.05, 4.69) is 41.5 Å². The molecule has 0 saturated heterocycles. The maximum Gasteiger partial charge on any atom is 0.407 e. The van der Waals surface area contributed by atoms with Crippen LogP contribution in [0.2, 0.25) is 0 Å². The number of amides is 2. The van der Waals surface area contributed by atoms with Crippen LogP contribution in [0.1, 0.15) is 49.1 Å². The summed E-state index contributed by atoms with van der Waals surface area (Å²) in [6, 6.07) is 15.3. The molecule has 2 aliphatic rings. The largest absolute Gasteiger partial charge is 0.481 e. The lowest BCUT2D eigenvalue weighted by Gasteiger charge is -2.21. The van der Waals surface area contributed by atoms with Crippen molar-refractivity contribution >= 4 is 18.0 Å². The number of hydrogen-bond acceptors (Lipinski definition) is 4. The Hall–Kier alpha value is -3.61. The first-order chi connectivity index (χ1) is 16.5. The molecule has 178 valence electrons. The highest BCUT2D eigenvalue weighted by Crippen LogP contribution is 2.44. The molecule has 1 saturated carbocycles. The van der Waals surface area contributed by atoms with Gasteiger partial charge in [-0.2, -0.15) is 0 Å². The topological polar surface area (TPSA) is 105 Å². The van der Waals surface area contributed by atoms with Crippen LogP contribution in [0.3, 0.4) is 0 Å².